The number of carbonyl (C=O) groups is 2. The van der Waals surface area contributed by atoms with E-state index < -0.39 is 18.2 Å². The van der Waals surface area contributed by atoms with Gasteiger partial charge in [-0.05, 0) is 54.7 Å². The Bertz CT molecular complexity index is 1350. The van der Waals surface area contributed by atoms with Gasteiger partial charge >= 0.3 is 0 Å². The molecule has 0 saturated carbocycles. The van der Waals surface area contributed by atoms with Crippen LogP contribution in [0.3, 0.4) is 0 Å². The average molecular weight is 641 g/mol. The van der Waals surface area contributed by atoms with Gasteiger partial charge in [-0.2, -0.15) is 0 Å². The highest BCUT2D eigenvalue weighted by molar-refractivity contribution is 5.88. The van der Waals surface area contributed by atoms with Crippen molar-refractivity contribution in [1.29, 1.82) is 0 Å². The lowest BCUT2D eigenvalue weighted by Crippen LogP contribution is -2.42. The van der Waals surface area contributed by atoms with E-state index in [9.17, 15) is 19.8 Å². The maximum absolute atomic E-state index is 12.3. The van der Waals surface area contributed by atoms with Crippen LogP contribution in [0.15, 0.2) is 60.7 Å². The first-order chi connectivity index (χ1) is 22.2. The minimum atomic E-state index is -1.73. The number of carbonyl (C=O) groups excluding carboxylic acids is 2. The van der Waals surface area contributed by atoms with Gasteiger partial charge in [0, 0.05) is 18.7 Å². The Morgan fingerprint density at radius 3 is 1.48 bits per heavy atom. The van der Waals surface area contributed by atoms with Gasteiger partial charge in [0.25, 0.3) is 0 Å². The van der Waals surface area contributed by atoms with Gasteiger partial charge in [-0.1, -0.05) is 36.5 Å². The molecule has 0 aliphatic heterocycles. The average Bonchev–Trinajstić information content (AvgIpc) is 3.06. The van der Waals surface area contributed by atoms with Crippen molar-refractivity contribution < 1.29 is 48.2 Å². The number of benzene rings is 2. The Balaban J connectivity index is 1.78. The van der Waals surface area contributed by atoms with E-state index in [1.807, 2.05) is 0 Å². The van der Waals surface area contributed by atoms with Crippen molar-refractivity contribution in [3.8, 4) is 34.5 Å². The third-order valence-corrected chi connectivity index (χ3v) is 6.60. The summed E-state index contributed by atoms with van der Waals surface area (Å²) in [6.45, 7) is 0.383. The van der Waals surface area contributed by atoms with E-state index in [0.29, 0.717) is 60.3 Å². The number of allylic oxidation sites excluding steroid dienone is 4. The molecule has 250 valence electrons. The fourth-order valence-electron chi connectivity index (χ4n) is 4.30. The first-order valence-electron chi connectivity index (χ1n) is 14.4. The number of methoxy groups -OCH3 is 6. The van der Waals surface area contributed by atoms with Crippen LogP contribution in [0, 0.1) is 0 Å². The van der Waals surface area contributed by atoms with E-state index in [4.69, 9.17) is 28.4 Å². The van der Waals surface area contributed by atoms with Crippen LogP contribution in [0.2, 0.25) is 0 Å². The van der Waals surface area contributed by atoms with Gasteiger partial charge in [-0.3, -0.25) is 9.59 Å². The topological polar surface area (TPSA) is 154 Å². The van der Waals surface area contributed by atoms with Gasteiger partial charge in [0.05, 0.1) is 48.7 Å². The van der Waals surface area contributed by atoms with E-state index in [1.165, 1.54) is 60.9 Å². The fourth-order valence-corrected chi connectivity index (χ4v) is 4.30. The Morgan fingerprint density at radius 2 is 1.09 bits per heavy atom. The van der Waals surface area contributed by atoms with Crippen LogP contribution in [0.5, 0.6) is 34.5 Å². The molecular formula is C34H44N2O10. The van der Waals surface area contributed by atoms with Gasteiger partial charge in [-0.15, -0.1) is 0 Å². The summed E-state index contributed by atoms with van der Waals surface area (Å²) in [5, 5.41) is 24.8. The van der Waals surface area contributed by atoms with Gasteiger partial charge < -0.3 is 49.3 Å². The molecule has 0 spiro atoms. The molecule has 0 radical (unpaired) electrons. The fraction of sp³-hybridized carbons (Fsp3) is 0.353. The van der Waals surface area contributed by atoms with Crippen molar-refractivity contribution in [2.24, 2.45) is 0 Å². The van der Waals surface area contributed by atoms with E-state index in [1.54, 1.807) is 54.6 Å². The highest BCUT2D eigenvalue weighted by Gasteiger charge is 2.18. The van der Waals surface area contributed by atoms with Crippen LogP contribution in [-0.4, -0.2) is 83.6 Å². The second-order valence-electron chi connectivity index (χ2n) is 9.67. The molecule has 12 heteroatoms. The number of aliphatic hydroxyl groups is 2. The number of hydrogen-bond donors (Lipinski definition) is 4. The first kappa shape index (κ1) is 37.2. The standard InChI is InChI=1S/C34H44N2O10/c1-41-26-19-23(20-27(42-2)32(26)45-5)13-7-9-16-30(37)35-18-12-11-15-25(34(39)40)36-31(38)17-10-8-14-24-21-28(43-3)33(46-6)29(22-24)44-4/h7-10,13-14,16-17,19-22,25,34,39-40H,11-12,15,18H2,1-6H3,(H,35,37)(H,36,38)/b13-7+,14-8+,16-9+,17-10+. The summed E-state index contributed by atoms with van der Waals surface area (Å²) in [6, 6.07) is 6.24. The smallest absolute Gasteiger partial charge is 0.244 e. The summed E-state index contributed by atoms with van der Waals surface area (Å²) in [5.74, 6) is 2.27. The zero-order valence-electron chi connectivity index (χ0n) is 27.1. The van der Waals surface area contributed by atoms with E-state index in [-0.39, 0.29) is 5.91 Å². The molecule has 4 N–H and O–H groups in total. The molecular weight excluding hydrogens is 596 g/mol. The summed E-state index contributed by atoms with van der Waals surface area (Å²) < 4.78 is 32.0. The highest BCUT2D eigenvalue weighted by Crippen LogP contribution is 2.39. The molecule has 2 aromatic carbocycles. The molecule has 0 saturated heterocycles. The van der Waals surface area contributed by atoms with Gasteiger partial charge in [-0.25, -0.2) is 0 Å². The number of unbranched alkanes of at least 4 members (excludes halogenated alkanes) is 1. The molecule has 0 heterocycles. The van der Waals surface area contributed by atoms with Crippen LogP contribution in [0.4, 0.5) is 0 Å². The molecule has 0 bridgehead atoms. The van der Waals surface area contributed by atoms with Gasteiger partial charge in [0.2, 0.25) is 23.3 Å². The summed E-state index contributed by atoms with van der Waals surface area (Å²) in [6.07, 6.45) is 12.4. The molecule has 0 aliphatic rings. The number of rotatable bonds is 19. The van der Waals surface area contributed by atoms with Crippen molar-refractivity contribution in [2.45, 2.75) is 31.6 Å². The third-order valence-electron chi connectivity index (χ3n) is 6.60. The van der Waals surface area contributed by atoms with E-state index in [0.717, 1.165) is 11.1 Å². The summed E-state index contributed by atoms with van der Waals surface area (Å²) >= 11 is 0. The van der Waals surface area contributed by atoms with Crippen molar-refractivity contribution in [3.05, 3.63) is 71.8 Å². The zero-order valence-corrected chi connectivity index (χ0v) is 27.1. The van der Waals surface area contributed by atoms with Gasteiger partial charge in [0.1, 0.15) is 0 Å². The van der Waals surface area contributed by atoms with Crippen molar-refractivity contribution >= 4 is 24.0 Å². The summed E-state index contributed by atoms with van der Waals surface area (Å²) in [5.41, 5.74) is 1.56. The molecule has 12 nitrogen and oxygen atoms in total. The maximum atomic E-state index is 12.3. The molecule has 2 rings (SSSR count). The molecule has 0 aliphatic carbocycles. The summed E-state index contributed by atoms with van der Waals surface area (Å²) in [7, 11) is 9.18. The molecule has 2 amide bonds. The predicted octanol–water partition coefficient (Wildman–Crippen LogP) is 3.66. The molecule has 1 unspecified atom stereocenters. The minimum absolute atomic E-state index is 0.272. The molecule has 2 aromatic rings. The Hall–Kier alpha value is -4.94. The van der Waals surface area contributed by atoms with Crippen LogP contribution in [-0.2, 0) is 9.59 Å². The summed E-state index contributed by atoms with van der Waals surface area (Å²) in [4.78, 5) is 24.5. The van der Waals surface area contributed by atoms with Crippen molar-refractivity contribution in [2.75, 3.05) is 49.2 Å². The lowest BCUT2D eigenvalue weighted by atomic mass is 10.1. The van der Waals surface area contributed by atoms with E-state index in [2.05, 4.69) is 10.6 Å². The lowest BCUT2D eigenvalue weighted by molar-refractivity contribution is -0.122. The van der Waals surface area contributed by atoms with Crippen LogP contribution in [0.25, 0.3) is 12.2 Å². The number of aliphatic hydroxyl groups excluding tert-OH is 1. The molecule has 0 fully saturated rings. The number of ether oxygens (including phenoxy) is 6. The zero-order chi connectivity index (χ0) is 33.9. The largest absolute Gasteiger partial charge is 0.493 e. The van der Waals surface area contributed by atoms with Crippen molar-refractivity contribution in [1.82, 2.24) is 10.6 Å². The van der Waals surface area contributed by atoms with Crippen LogP contribution >= 0.6 is 0 Å². The third kappa shape index (κ3) is 11.9. The Kier molecular flexibility index (Phi) is 16.3. The molecule has 1 atom stereocenters. The molecule has 46 heavy (non-hydrogen) atoms. The second-order valence-corrected chi connectivity index (χ2v) is 9.67. The highest BCUT2D eigenvalue weighted by atomic mass is 16.5. The Morgan fingerprint density at radius 1 is 0.652 bits per heavy atom. The minimum Gasteiger partial charge on any atom is -0.493 e. The first-order valence-corrected chi connectivity index (χ1v) is 14.4. The number of amides is 2. The van der Waals surface area contributed by atoms with E-state index >= 15 is 0 Å². The SMILES string of the molecule is COc1cc(/C=C/C=C/C(=O)NCCCCC(NC(=O)/C=C/C=C/c2cc(OC)c(OC)c(OC)c2)C(O)O)cc(OC)c1OC. The number of hydrogen-bond acceptors (Lipinski definition) is 10. The normalized spacial score (nSPS) is 12.2. The Labute approximate surface area is 269 Å². The monoisotopic (exact) mass is 640 g/mol. The van der Waals surface area contributed by atoms with Crippen molar-refractivity contribution in [3.63, 3.8) is 0 Å². The number of nitrogens with one attached hydrogen (secondary N) is 2. The lowest BCUT2D eigenvalue weighted by Gasteiger charge is -2.19. The predicted molar refractivity (Wildman–Crippen MR) is 176 cm³/mol. The second kappa shape index (κ2) is 20.2. The quantitative estimate of drug-likeness (QED) is 0.0774. The van der Waals surface area contributed by atoms with Crippen LogP contribution in [0.1, 0.15) is 30.4 Å². The molecule has 0 aromatic heterocycles. The van der Waals surface area contributed by atoms with Crippen LogP contribution < -0.4 is 39.1 Å². The maximum Gasteiger partial charge on any atom is 0.244 e. The van der Waals surface area contributed by atoms with Gasteiger partial charge in [0.15, 0.2) is 29.3 Å².